The molecule has 1 aliphatic rings. The van der Waals surface area contributed by atoms with Crippen molar-refractivity contribution in [3.63, 3.8) is 0 Å². The lowest BCUT2D eigenvalue weighted by Gasteiger charge is -2.27. The fraction of sp³-hybridized carbons (Fsp3) is 0.571. The third kappa shape index (κ3) is 3.21. The van der Waals surface area contributed by atoms with Gasteiger partial charge in [-0.1, -0.05) is 17.7 Å². The normalized spacial score (nSPS) is 17.4. The first-order valence-corrected chi connectivity index (χ1v) is 6.74. The summed E-state index contributed by atoms with van der Waals surface area (Å²) in [6, 6.07) is 4.13. The first-order chi connectivity index (χ1) is 8.18. The van der Waals surface area contributed by atoms with Gasteiger partial charge in [0.05, 0.1) is 0 Å². The van der Waals surface area contributed by atoms with Crippen LogP contribution < -0.4 is 5.32 Å². The molecular formula is C14H21ClN2. The lowest BCUT2D eigenvalue weighted by atomic mass is 10.0. The molecule has 0 aromatic heterocycles. The highest BCUT2D eigenvalue weighted by Crippen LogP contribution is 2.23. The molecule has 0 unspecified atom stereocenters. The van der Waals surface area contributed by atoms with Gasteiger partial charge in [-0.2, -0.15) is 0 Å². The average Bonchev–Trinajstić information content (AvgIpc) is 2.35. The van der Waals surface area contributed by atoms with E-state index in [1.807, 2.05) is 6.07 Å². The summed E-state index contributed by atoms with van der Waals surface area (Å²) in [5.74, 6) is 0. The molecule has 0 spiro atoms. The van der Waals surface area contributed by atoms with Crippen molar-refractivity contribution >= 4 is 11.6 Å². The highest BCUT2D eigenvalue weighted by molar-refractivity contribution is 6.31. The maximum Gasteiger partial charge on any atom is 0.0441 e. The standard InChI is InChI=1S/C14H21ClN2/c1-11-3-4-14(15)13(12(11)2)5-8-17-9-6-16-7-10-17/h3-4,16H,5-10H2,1-2H3. The Bertz CT molecular complexity index is 384. The van der Waals surface area contributed by atoms with Crippen LogP contribution in [0.15, 0.2) is 12.1 Å². The Hall–Kier alpha value is -0.570. The van der Waals surface area contributed by atoms with Crippen molar-refractivity contribution in [2.75, 3.05) is 32.7 Å². The van der Waals surface area contributed by atoms with Gasteiger partial charge in [0.25, 0.3) is 0 Å². The van der Waals surface area contributed by atoms with E-state index in [9.17, 15) is 0 Å². The zero-order chi connectivity index (χ0) is 12.3. The quantitative estimate of drug-likeness (QED) is 0.889. The Morgan fingerprint density at radius 2 is 1.94 bits per heavy atom. The SMILES string of the molecule is Cc1ccc(Cl)c(CCN2CCNCC2)c1C. The molecule has 94 valence electrons. The molecule has 1 fully saturated rings. The molecule has 2 rings (SSSR count). The Balaban J connectivity index is 2.00. The van der Waals surface area contributed by atoms with Crippen molar-refractivity contribution in [2.24, 2.45) is 0 Å². The summed E-state index contributed by atoms with van der Waals surface area (Å²) in [5, 5.41) is 4.30. The molecule has 1 saturated heterocycles. The van der Waals surface area contributed by atoms with Gasteiger partial charge in [-0.15, -0.1) is 0 Å². The molecule has 1 aromatic carbocycles. The molecule has 17 heavy (non-hydrogen) atoms. The van der Waals surface area contributed by atoms with Crippen LogP contribution in [0.3, 0.4) is 0 Å². The second kappa shape index (κ2) is 5.85. The molecule has 1 N–H and O–H groups in total. The van der Waals surface area contributed by atoms with Gasteiger partial charge in [-0.25, -0.2) is 0 Å². The highest BCUT2D eigenvalue weighted by atomic mass is 35.5. The second-order valence-corrected chi connectivity index (χ2v) is 5.22. The summed E-state index contributed by atoms with van der Waals surface area (Å²) < 4.78 is 0. The van der Waals surface area contributed by atoms with Crippen LogP contribution in [0.1, 0.15) is 16.7 Å². The summed E-state index contributed by atoms with van der Waals surface area (Å²) in [7, 11) is 0. The number of aryl methyl sites for hydroxylation is 1. The van der Waals surface area contributed by atoms with E-state index in [0.29, 0.717) is 0 Å². The van der Waals surface area contributed by atoms with Crippen molar-refractivity contribution in [1.82, 2.24) is 10.2 Å². The molecule has 0 atom stereocenters. The lowest BCUT2D eigenvalue weighted by Crippen LogP contribution is -2.44. The van der Waals surface area contributed by atoms with E-state index >= 15 is 0 Å². The van der Waals surface area contributed by atoms with Crippen molar-refractivity contribution in [2.45, 2.75) is 20.3 Å². The Labute approximate surface area is 109 Å². The number of piperazine rings is 1. The molecule has 1 aromatic rings. The maximum absolute atomic E-state index is 6.29. The third-order valence-electron chi connectivity index (χ3n) is 3.70. The van der Waals surface area contributed by atoms with E-state index in [0.717, 1.165) is 44.2 Å². The van der Waals surface area contributed by atoms with Crippen molar-refractivity contribution in [3.8, 4) is 0 Å². The lowest BCUT2D eigenvalue weighted by molar-refractivity contribution is 0.244. The van der Waals surface area contributed by atoms with Gasteiger partial charge >= 0.3 is 0 Å². The van der Waals surface area contributed by atoms with Gasteiger partial charge in [0, 0.05) is 37.7 Å². The van der Waals surface area contributed by atoms with Gasteiger partial charge in [-0.05, 0) is 43.0 Å². The minimum absolute atomic E-state index is 0.920. The topological polar surface area (TPSA) is 15.3 Å². The van der Waals surface area contributed by atoms with Crippen molar-refractivity contribution in [1.29, 1.82) is 0 Å². The summed E-state index contributed by atoms with van der Waals surface area (Å²) in [6.07, 6.45) is 1.06. The fourth-order valence-corrected chi connectivity index (χ4v) is 2.65. The second-order valence-electron chi connectivity index (χ2n) is 4.81. The molecule has 3 heteroatoms. The molecule has 0 aliphatic carbocycles. The van der Waals surface area contributed by atoms with Crippen LogP contribution >= 0.6 is 11.6 Å². The van der Waals surface area contributed by atoms with Gasteiger partial charge in [-0.3, -0.25) is 0 Å². The minimum atomic E-state index is 0.920. The predicted octanol–water partition coefficient (Wildman–Crippen LogP) is 2.40. The van der Waals surface area contributed by atoms with Crippen LogP contribution in [-0.2, 0) is 6.42 Å². The smallest absolute Gasteiger partial charge is 0.0441 e. The summed E-state index contributed by atoms with van der Waals surface area (Å²) >= 11 is 6.29. The molecule has 0 amide bonds. The van der Waals surface area contributed by atoms with Crippen LogP contribution in [0.25, 0.3) is 0 Å². The van der Waals surface area contributed by atoms with Crippen LogP contribution in [0.5, 0.6) is 0 Å². The van der Waals surface area contributed by atoms with E-state index in [1.54, 1.807) is 0 Å². The number of benzene rings is 1. The first kappa shape index (κ1) is 12.9. The maximum atomic E-state index is 6.29. The monoisotopic (exact) mass is 252 g/mol. The highest BCUT2D eigenvalue weighted by Gasteiger charge is 2.12. The Kier molecular flexibility index (Phi) is 4.43. The largest absolute Gasteiger partial charge is 0.314 e. The van der Waals surface area contributed by atoms with E-state index in [4.69, 9.17) is 11.6 Å². The Morgan fingerprint density at radius 3 is 2.65 bits per heavy atom. The fourth-order valence-electron chi connectivity index (χ4n) is 2.35. The zero-order valence-electron chi connectivity index (χ0n) is 10.7. The van der Waals surface area contributed by atoms with Gasteiger partial charge in [0.15, 0.2) is 0 Å². The number of nitrogens with zero attached hydrogens (tertiary/aromatic N) is 1. The summed E-state index contributed by atoms with van der Waals surface area (Å²) in [6.45, 7) is 9.98. The molecule has 0 radical (unpaired) electrons. The van der Waals surface area contributed by atoms with Crippen molar-refractivity contribution in [3.05, 3.63) is 33.8 Å². The molecular weight excluding hydrogens is 232 g/mol. The number of hydrogen-bond acceptors (Lipinski definition) is 2. The molecule has 1 heterocycles. The molecule has 1 aliphatic heterocycles. The van der Waals surface area contributed by atoms with E-state index in [1.165, 1.54) is 16.7 Å². The van der Waals surface area contributed by atoms with Crippen LogP contribution in [0, 0.1) is 13.8 Å². The van der Waals surface area contributed by atoms with E-state index in [-0.39, 0.29) is 0 Å². The summed E-state index contributed by atoms with van der Waals surface area (Å²) in [4.78, 5) is 2.51. The van der Waals surface area contributed by atoms with Crippen LogP contribution in [0.2, 0.25) is 5.02 Å². The molecule has 2 nitrogen and oxygen atoms in total. The van der Waals surface area contributed by atoms with Gasteiger partial charge < -0.3 is 10.2 Å². The third-order valence-corrected chi connectivity index (χ3v) is 4.05. The molecule has 0 saturated carbocycles. The number of rotatable bonds is 3. The molecule has 0 bridgehead atoms. The predicted molar refractivity (Wildman–Crippen MR) is 73.9 cm³/mol. The van der Waals surface area contributed by atoms with Gasteiger partial charge in [0.1, 0.15) is 0 Å². The Morgan fingerprint density at radius 1 is 1.24 bits per heavy atom. The number of hydrogen-bond donors (Lipinski definition) is 1. The van der Waals surface area contributed by atoms with E-state index in [2.05, 4.69) is 30.1 Å². The zero-order valence-corrected chi connectivity index (χ0v) is 11.5. The first-order valence-electron chi connectivity index (χ1n) is 6.36. The minimum Gasteiger partial charge on any atom is -0.314 e. The van der Waals surface area contributed by atoms with Crippen LogP contribution in [0.4, 0.5) is 0 Å². The van der Waals surface area contributed by atoms with Gasteiger partial charge in [0.2, 0.25) is 0 Å². The van der Waals surface area contributed by atoms with Crippen molar-refractivity contribution < 1.29 is 0 Å². The number of nitrogens with one attached hydrogen (secondary N) is 1. The van der Waals surface area contributed by atoms with Crippen LogP contribution in [-0.4, -0.2) is 37.6 Å². The average molecular weight is 253 g/mol. The summed E-state index contributed by atoms with van der Waals surface area (Å²) in [5.41, 5.74) is 4.02. The number of halogens is 1. The van der Waals surface area contributed by atoms with E-state index < -0.39 is 0 Å².